The second-order valence-corrected chi connectivity index (χ2v) is 5.43. The third-order valence-electron chi connectivity index (χ3n) is 4.35. The van der Waals surface area contributed by atoms with E-state index in [9.17, 15) is 4.79 Å². The van der Waals surface area contributed by atoms with Crippen LogP contribution in [0.25, 0.3) is 32.7 Å². The average Bonchev–Trinajstić information content (AvgIpc) is 3.01. The number of fused-ring (bicyclic) bond motifs is 5. The van der Waals surface area contributed by atoms with Gasteiger partial charge < -0.3 is 9.13 Å². The largest absolute Gasteiger partial charge is 0.349 e. The molecule has 0 saturated carbocycles. The lowest BCUT2D eigenvalue weighted by atomic mass is 10.1. The van der Waals surface area contributed by atoms with Gasteiger partial charge in [0.1, 0.15) is 0 Å². The fourth-order valence-corrected chi connectivity index (χ4v) is 3.50. The SMILES string of the molecule is CCn1c2ccccc2c2c3c(ccc21)c(C=O)cn3C. The highest BCUT2D eigenvalue weighted by atomic mass is 16.1. The monoisotopic (exact) mass is 276 g/mol. The lowest BCUT2D eigenvalue weighted by molar-refractivity contribution is 0.112. The van der Waals surface area contributed by atoms with E-state index < -0.39 is 0 Å². The zero-order chi connectivity index (χ0) is 14.6. The Kier molecular flexibility index (Phi) is 2.45. The minimum absolute atomic E-state index is 0.753. The molecule has 0 aliphatic heterocycles. The van der Waals surface area contributed by atoms with Gasteiger partial charge in [0.2, 0.25) is 0 Å². The van der Waals surface area contributed by atoms with Crippen molar-refractivity contribution in [2.45, 2.75) is 13.5 Å². The molecule has 0 aliphatic rings. The number of aromatic nitrogens is 2. The zero-order valence-electron chi connectivity index (χ0n) is 12.1. The Balaban J connectivity index is 2.36. The number of hydrogen-bond acceptors (Lipinski definition) is 1. The predicted octanol–water partition coefficient (Wildman–Crippen LogP) is 4.12. The molecule has 2 heterocycles. The van der Waals surface area contributed by atoms with Crippen molar-refractivity contribution in [3.05, 3.63) is 48.2 Å². The van der Waals surface area contributed by atoms with Gasteiger partial charge in [-0.1, -0.05) is 18.2 Å². The van der Waals surface area contributed by atoms with Crippen LogP contribution >= 0.6 is 0 Å². The van der Waals surface area contributed by atoms with Crippen LogP contribution in [0, 0.1) is 0 Å². The molecule has 2 aromatic heterocycles. The lowest BCUT2D eigenvalue weighted by Crippen LogP contribution is -1.92. The molecular weight excluding hydrogens is 260 g/mol. The molecule has 0 N–H and O–H groups in total. The van der Waals surface area contributed by atoms with E-state index in [2.05, 4.69) is 52.5 Å². The van der Waals surface area contributed by atoms with Gasteiger partial charge in [-0.25, -0.2) is 0 Å². The Morgan fingerprint density at radius 3 is 2.62 bits per heavy atom. The average molecular weight is 276 g/mol. The van der Waals surface area contributed by atoms with Crippen molar-refractivity contribution in [2.24, 2.45) is 7.05 Å². The molecule has 0 aliphatic carbocycles. The maximum Gasteiger partial charge on any atom is 0.152 e. The predicted molar refractivity (Wildman–Crippen MR) is 87.0 cm³/mol. The van der Waals surface area contributed by atoms with Crippen LogP contribution in [-0.4, -0.2) is 15.4 Å². The topological polar surface area (TPSA) is 26.9 Å². The van der Waals surface area contributed by atoms with Crippen LogP contribution in [0.3, 0.4) is 0 Å². The lowest BCUT2D eigenvalue weighted by Gasteiger charge is -2.03. The van der Waals surface area contributed by atoms with Gasteiger partial charge >= 0.3 is 0 Å². The highest BCUT2D eigenvalue weighted by molar-refractivity contribution is 6.21. The van der Waals surface area contributed by atoms with Gasteiger partial charge in [0.15, 0.2) is 6.29 Å². The summed E-state index contributed by atoms with van der Waals surface area (Å²) in [6.45, 7) is 3.10. The van der Waals surface area contributed by atoms with E-state index in [1.165, 1.54) is 21.8 Å². The Morgan fingerprint density at radius 2 is 1.86 bits per heavy atom. The van der Waals surface area contributed by atoms with Crippen LogP contribution in [0.15, 0.2) is 42.6 Å². The number of rotatable bonds is 2. The Bertz CT molecular complexity index is 1000. The highest BCUT2D eigenvalue weighted by Crippen LogP contribution is 2.35. The van der Waals surface area contributed by atoms with Gasteiger partial charge in [0.25, 0.3) is 0 Å². The Labute approximate surface area is 122 Å². The zero-order valence-corrected chi connectivity index (χ0v) is 12.1. The van der Waals surface area contributed by atoms with E-state index in [4.69, 9.17) is 0 Å². The number of aldehydes is 1. The number of nitrogens with zero attached hydrogens (tertiary/aromatic N) is 2. The summed E-state index contributed by atoms with van der Waals surface area (Å²) >= 11 is 0. The number of carbonyl (C=O) groups excluding carboxylic acids is 1. The maximum atomic E-state index is 11.3. The molecule has 0 spiro atoms. The number of carbonyl (C=O) groups is 1. The fourth-order valence-electron chi connectivity index (χ4n) is 3.50. The molecule has 21 heavy (non-hydrogen) atoms. The van der Waals surface area contributed by atoms with Gasteiger partial charge in [-0.3, -0.25) is 4.79 Å². The van der Waals surface area contributed by atoms with Crippen molar-refractivity contribution in [1.29, 1.82) is 0 Å². The van der Waals surface area contributed by atoms with Gasteiger partial charge in [0, 0.05) is 47.0 Å². The molecule has 0 bridgehead atoms. The van der Waals surface area contributed by atoms with E-state index in [1.807, 2.05) is 13.2 Å². The van der Waals surface area contributed by atoms with Crippen molar-refractivity contribution in [3.8, 4) is 0 Å². The first kappa shape index (κ1) is 12.2. The number of para-hydroxylation sites is 1. The molecule has 104 valence electrons. The summed E-state index contributed by atoms with van der Waals surface area (Å²) < 4.78 is 4.39. The van der Waals surface area contributed by atoms with E-state index >= 15 is 0 Å². The summed E-state index contributed by atoms with van der Waals surface area (Å²) in [5, 5.41) is 3.51. The van der Waals surface area contributed by atoms with Crippen LogP contribution in [0.5, 0.6) is 0 Å². The molecule has 0 unspecified atom stereocenters. The second-order valence-electron chi connectivity index (χ2n) is 5.43. The van der Waals surface area contributed by atoms with Crippen molar-refractivity contribution >= 4 is 39.0 Å². The molecular formula is C18H16N2O. The standard InChI is InChI=1S/C18H16N2O/c1-3-20-15-7-5-4-6-14(15)17-16(20)9-8-13-12(11-21)10-19(2)18(13)17/h4-11H,3H2,1-2H3. The highest BCUT2D eigenvalue weighted by Gasteiger charge is 2.15. The summed E-state index contributed by atoms with van der Waals surface area (Å²) in [5.41, 5.74) is 4.36. The third-order valence-corrected chi connectivity index (χ3v) is 4.35. The van der Waals surface area contributed by atoms with Gasteiger partial charge in [-0.2, -0.15) is 0 Å². The first-order valence-corrected chi connectivity index (χ1v) is 7.20. The molecule has 3 heteroatoms. The van der Waals surface area contributed by atoms with Crippen LogP contribution in [0.2, 0.25) is 0 Å². The first-order valence-electron chi connectivity index (χ1n) is 7.20. The first-order chi connectivity index (χ1) is 10.3. The minimum atomic E-state index is 0.753. The van der Waals surface area contributed by atoms with Crippen LogP contribution < -0.4 is 0 Å². The molecule has 4 rings (SSSR count). The van der Waals surface area contributed by atoms with Crippen LogP contribution in [0.1, 0.15) is 17.3 Å². The molecule has 0 atom stereocenters. The van der Waals surface area contributed by atoms with Crippen LogP contribution in [0.4, 0.5) is 0 Å². The van der Waals surface area contributed by atoms with E-state index in [0.717, 1.165) is 29.3 Å². The van der Waals surface area contributed by atoms with Crippen molar-refractivity contribution in [1.82, 2.24) is 9.13 Å². The van der Waals surface area contributed by atoms with Crippen LogP contribution in [-0.2, 0) is 13.6 Å². The van der Waals surface area contributed by atoms with Gasteiger partial charge in [0.05, 0.1) is 11.0 Å². The third kappa shape index (κ3) is 1.46. The van der Waals surface area contributed by atoms with Gasteiger partial charge in [-0.05, 0) is 25.1 Å². The molecule has 0 fully saturated rings. The number of benzene rings is 2. The van der Waals surface area contributed by atoms with Crippen molar-refractivity contribution in [3.63, 3.8) is 0 Å². The number of hydrogen-bond donors (Lipinski definition) is 0. The second kappa shape index (κ2) is 4.22. The van der Waals surface area contributed by atoms with Gasteiger partial charge in [-0.15, -0.1) is 0 Å². The number of aryl methyl sites for hydroxylation is 2. The smallest absolute Gasteiger partial charge is 0.152 e. The minimum Gasteiger partial charge on any atom is -0.349 e. The van der Waals surface area contributed by atoms with E-state index in [1.54, 1.807) is 0 Å². The molecule has 0 radical (unpaired) electrons. The van der Waals surface area contributed by atoms with Crippen molar-refractivity contribution < 1.29 is 4.79 Å². The fraction of sp³-hybridized carbons (Fsp3) is 0.167. The summed E-state index contributed by atoms with van der Waals surface area (Å²) in [6.07, 6.45) is 2.85. The summed E-state index contributed by atoms with van der Waals surface area (Å²) in [5.74, 6) is 0. The molecule has 0 amide bonds. The quantitative estimate of drug-likeness (QED) is 0.506. The van der Waals surface area contributed by atoms with E-state index in [-0.39, 0.29) is 0 Å². The summed E-state index contributed by atoms with van der Waals surface area (Å²) in [7, 11) is 2.01. The molecule has 4 aromatic rings. The molecule has 0 saturated heterocycles. The molecule has 2 aromatic carbocycles. The Morgan fingerprint density at radius 1 is 1.05 bits per heavy atom. The van der Waals surface area contributed by atoms with Crippen molar-refractivity contribution in [2.75, 3.05) is 0 Å². The maximum absolute atomic E-state index is 11.3. The summed E-state index contributed by atoms with van der Waals surface area (Å²) in [6, 6.07) is 12.7. The summed E-state index contributed by atoms with van der Waals surface area (Å²) in [4.78, 5) is 11.3. The van der Waals surface area contributed by atoms with E-state index in [0.29, 0.717) is 0 Å². The normalized spacial score (nSPS) is 11.7. The Hall–Kier alpha value is -2.55. The molecule has 3 nitrogen and oxygen atoms in total.